The Kier molecular flexibility index (Phi) is 3.87. The molecule has 0 radical (unpaired) electrons. The first-order chi connectivity index (χ1) is 5.86. The van der Waals surface area contributed by atoms with Gasteiger partial charge in [0.25, 0.3) is 0 Å². The first-order valence-electron chi connectivity index (χ1n) is 3.40. The van der Waals surface area contributed by atoms with Crippen LogP contribution in [0.2, 0.25) is 0 Å². The highest BCUT2D eigenvalue weighted by Crippen LogP contribution is 2.11. The lowest BCUT2D eigenvalue weighted by Gasteiger charge is -1.76. The van der Waals surface area contributed by atoms with Crippen molar-refractivity contribution in [2.75, 3.05) is 5.33 Å². The van der Waals surface area contributed by atoms with Gasteiger partial charge in [0.15, 0.2) is 0 Å². The predicted octanol–water partition coefficient (Wildman–Crippen LogP) is 2.76. The first kappa shape index (κ1) is 9.32. The summed E-state index contributed by atoms with van der Waals surface area (Å²) < 4.78 is 0. The number of rotatable bonds is 1. The molecule has 0 aliphatic heterocycles. The monoisotopic (exact) mass is 239 g/mol. The van der Waals surface area contributed by atoms with Crippen LogP contribution in [0.4, 0.5) is 0 Å². The van der Waals surface area contributed by atoms with Crippen LogP contribution in [0.5, 0.6) is 0 Å². The van der Waals surface area contributed by atoms with E-state index < -0.39 is 0 Å². The summed E-state index contributed by atoms with van der Waals surface area (Å²) >= 11 is 4.72. The molecule has 0 saturated heterocycles. The first-order valence-corrected chi connectivity index (χ1v) is 5.40. The Bertz CT molecular complexity index is 351. The molecule has 0 fully saturated rings. The topological polar surface area (TPSA) is 23.8 Å². The maximum Gasteiger partial charge on any atom is 0.110 e. The molecular weight excluding hydrogens is 234 g/mol. The average molecular weight is 240 g/mol. The fourth-order valence-corrected chi connectivity index (χ4v) is 1.50. The van der Waals surface area contributed by atoms with Crippen molar-refractivity contribution in [1.29, 1.82) is 5.26 Å². The van der Waals surface area contributed by atoms with Crippen LogP contribution >= 0.6 is 27.3 Å². The lowest BCUT2D eigenvalue weighted by atomic mass is 10.3. The molecule has 1 aromatic rings. The fraction of sp³-hybridized carbons (Fsp3) is 0.222. The van der Waals surface area contributed by atoms with Gasteiger partial charge >= 0.3 is 0 Å². The van der Waals surface area contributed by atoms with Crippen molar-refractivity contribution in [2.45, 2.75) is 6.42 Å². The molecule has 1 heterocycles. The zero-order valence-electron chi connectivity index (χ0n) is 6.30. The normalized spacial score (nSPS) is 8.33. The Balaban J connectivity index is 2.67. The number of nitriles is 1. The molecule has 3 heteroatoms. The highest BCUT2D eigenvalue weighted by Gasteiger charge is 1.93. The van der Waals surface area contributed by atoms with Crippen LogP contribution in [-0.4, -0.2) is 5.33 Å². The Morgan fingerprint density at radius 1 is 1.58 bits per heavy atom. The van der Waals surface area contributed by atoms with Crippen LogP contribution in [0.15, 0.2) is 11.4 Å². The molecule has 0 aliphatic carbocycles. The van der Waals surface area contributed by atoms with E-state index in [1.165, 1.54) is 11.3 Å². The van der Waals surface area contributed by atoms with Crippen molar-refractivity contribution in [1.82, 2.24) is 0 Å². The van der Waals surface area contributed by atoms with Gasteiger partial charge in [0.1, 0.15) is 10.9 Å². The zero-order chi connectivity index (χ0) is 8.81. The quantitative estimate of drug-likeness (QED) is 0.547. The molecule has 0 bridgehead atoms. The lowest BCUT2D eigenvalue weighted by molar-refractivity contribution is 1.32. The van der Waals surface area contributed by atoms with Gasteiger partial charge in [-0.1, -0.05) is 27.8 Å². The second-order valence-corrected chi connectivity index (χ2v) is 3.76. The molecule has 60 valence electrons. The molecule has 0 amide bonds. The van der Waals surface area contributed by atoms with Gasteiger partial charge in [-0.2, -0.15) is 5.26 Å². The largest absolute Gasteiger partial charge is 0.192 e. The van der Waals surface area contributed by atoms with E-state index in [1.807, 2.05) is 11.4 Å². The van der Waals surface area contributed by atoms with Crippen molar-refractivity contribution in [3.8, 4) is 17.9 Å². The van der Waals surface area contributed by atoms with Gasteiger partial charge < -0.3 is 0 Å². The second kappa shape index (κ2) is 4.98. The smallest absolute Gasteiger partial charge is 0.110 e. The number of nitrogens with zero attached hydrogens (tertiary/aromatic N) is 1. The Hall–Kier alpha value is -0.770. The van der Waals surface area contributed by atoms with Crippen molar-refractivity contribution in [2.24, 2.45) is 0 Å². The summed E-state index contributed by atoms with van der Waals surface area (Å²) in [6, 6.07) is 3.89. The molecule has 12 heavy (non-hydrogen) atoms. The molecule has 0 atom stereocenters. The van der Waals surface area contributed by atoms with E-state index in [2.05, 4.69) is 33.8 Å². The highest BCUT2D eigenvalue weighted by molar-refractivity contribution is 9.09. The van der Waals surface area contributed by atoms with E-state index in [0.29, 0.717) is 0 Å². The van der Waals surface area contributed by atoms with E-state index >= 15 is 0 Å². The molecule has 1 aromatic heterocycles. The summed E-state index contributed by atoms with van der Waals surface area (Å²) in [5.41, 5.74) is 0.942. The average Bonchev–Trinajstić information content (AvgIpc) is 2.53. The SMILES string of the molecule is N#Cc1cc(C#CCCBr)cs1. The lowest BCUT2D eigenvalue weighted by Crippen LogP contribution is -1.68. The summed E-state index contributed by atoms with van der Waals surface area (Å²) in [6.45, 7) is 0. The van der Waals surface area contributed by atoms with Crippen LogP contribution in [0.1, 0.15) is 16.9 Å². The van der Waals surface area contributed by atoms with Gasteiger partial charge in [0.2, 0.25) is 0 Å². The Morgan fingerprint density at radius 2 is 2.42 bits per heavy atom. The molecule has 0 saturated carbocycles. The predicted molar refractivity (Wildman–Crippen MR) is 54.3 cm³/mol. The molecule has 1 nitrogen and oxygen atoms in total. The summed E-state index contributed by atoms with van der Waals surface area (Å²) in [6.07, 6.45) is 0.845. The van der Waals surface area contributed by atoms with Gasteiger partial charge in [-0.3, -0.25) is 0 Å². The third-order valence-corrected chi connectivity index (χ3v) is 2.39. The standard InChI is InChI=1S/C9H6BrNS/c10-4-2-1-3-8-5-9(6-11)12-7-8/h5,7H,2,4H2. The third-order valence-electron chi connectivity index (χ3n) is 1.16. The highest BCUT2D eigenvalue weighted by atomic mass is 79.9. The minimum absolute atomic E-state index is 0.721. The number of hydrogen-bond acceptors (Lipinski definition) is 2. The fourth-order valence-electron chi connectivity index (χ4n) is 0.672. The molecule has 0 aliphatic rings. The van der Waals surface area contributed by atoms with Crippen molar-refractivity contribution in [3.05, 3.63) is 21.9 Å². The van der Waals surface area contributed by atoms with E-state index in [-0.39, 0.29) is 0 Å². The van der Waals surface area contributed by atoms with Crippen LogP contribution < -0.4 is 0 Å². The van der Waals surface area contributed by atoms with E-state index in [9.17, 15) is 0 Å². The van der Waals surface area contributed by atoms with Gasteiger partial charge in [0, 0.05) is 22.7 Å². The molecule has 0 N–H and O–H groups in total. The molecular formula is C9H6BrNS. The second-order valence-electron chi connectivity index (χ2n) is 2.05. The van der Waals surface area contributed by atoms with Crippen LogP contribution in [-0.2, 0) is 0 Å². The molecule has 0 spiro atoms. The Morgan fingerprint density at radius 3 is 3.00 bits per heavy atom. The summed E-state index contributed by atoms with van der Waals surface area (Å²) in [5, 5.41) is 11.3. The van der Waals surface area contributed by atoms with Crippen molar-refractivity contribution in [3.63, 3.8) is 0 Å². The van der Waals surface area contributed by atoms with Crippen LogP contribution in [0, 0.1) is 23.2 Å². The summed E-state index contributed by atoms with van der Waals surface area (Å²) in [4.78, 5) is 0.721. The van der Waals surface area contributed by atoms with E-state index in [0.717, 1.165) is 22.2 Å². The molecule has 1 rings (SSSR count). The maximum absolute atomic E-state index is 8.53. The number of halogens is 1. The van der Waals surface area contributed by atoms with Crippen LogP contribution in [0.25, 0.3) is 0 Å². The maximum atomic E-state index is 8.53. The van der Waals surface area contributed by atoms with Gasteiger partial charge in [0.05, 0.1) is 0 Å². The Labute approximate surface area is 84.2 Å². The summed E-state index contributed by atoms with van der Waals surface area (Å²) in [7, 11) is 0. The van der Waals surface area contributed by atoms with E-state index in [1.54, 1.807) is 0 Å². The number of thiophene rings is 1. The minimum Gasteiger partial charge on any atom is -0.192 e. The van der Waals surface area contributed by atoms with Crippen molar-refractivity contribution < 1.29 is 0 Å². The van der Waals surface area contributed by atoms with Crippen LogP contribution in [0.3, 0.4) is 0 Å². The van der Waals surface area contributed by atoms with Crippen molar-refractivity contribution >= 4 is 27.3 Å². The molecule has 0 unspecified atom stereocenters. The minimum atomic E-state index is 0.721. The van der Waals surface area contributed by atoms with Gasteiger partial charge in [-0.25, -0.2) is 0 Å². The van der Waals surface area contributed by atoms with Gasteiger partial charge in [-0.15, -0.1) is 11.3 Å². The van der Waals surface area contributed by atoms with E-state index in [4.69, 9.17) is 5.26 Å². The third kappa shape index (κ3) is 2.70. The molecule has 0 aromatic carbocycles. The summed E-state index contributed by atoms with van der Waals surface area (Å²) in [5.74, 6) is 5.97. The zero-order valence-corrected chi connectivity index (χ0v) is 8.70. The number of hydrogen-bond donors (Lipinski definition) is 0. The van der Waals surface area contributed by atoms with Gasteiger partial charge in [-0.05, 0) is 6.07 Å². The number of alkyl halides is 1.